The number of hydrogen-bond donors (Lipinski definition) is 0. The number of rotatable bonds is 7. The molecule has 0 fully saturated rings. The van der Waals surface area contributed by atoms with E-state index in [4.69, 9.17) is 9.47 Å². The van der Waals surface area contributed by atoms with Crippen LogP contribution >= 0.6 is 0 Å². The Labute approximate surface area is 168 Å². The highest BCUT2D eigenvalue weighted by Crippen LogP contribution is 2.25. The molecule has 0 N–H and O–H groups in total. The van der Waals surface area contributed by atoms with Crippen LogP contribution in [0.2, 0.25) is 0 Å². The normalized spacial score (nSPS) is 13.0. The van der Waals surface area contributed by atoms with Gasteiger partial charge >= 0.3 is 0 Å². The minimum atomic E-state index is -0.287. The maximum absolute atomic E-state index is 11.6. The highest BCUT2D eigenvalue weighted by molar-refractivity contribution is 6.12. The van der Waals surface area contributed by atoms with Crippen LogP contribution in [-0.2, 0) is 22.7 Å². The second-order valence-electron chi connectivity index (χ2n) is 6.59. The zero-order chi connectivity index (χ0) is 20.1. The Morgan fingerprint density at radius 3 is 1.79 bits per heavy atom. The zero-order valence-electron chi connectivity index (χ0n) is 15.7. The molecule has 1 heterocycles. The number of carbonyl (C=O) groups excluding carboxylic acids is 2. The summed E-state index contributed by atoms with van der Waals surface area (Å²) >= 11 is 0. The third-order valence-electron chi connectivity index (χ3n) is 4.47. The molecule has 0 unspecified atom stereocenters. The van der Waals surface area contributed by atoms with E-state index in [0.29, 0.717) is 18.1 Å². The summed E-state index contributed by atoms with van der Waals surface area (Å²) in [6.45, 7) is 0.762. The standard InChI is InChI=1S/C24H19NO4/c26-23-14-15-24(27)25(23)16-18-6-8-21(9-7-18)29-22-12-10-20(11-13-22)28-17-19-4-2-1-3-5-19/h1-15H,16-17H2. The Bertz CT molecular complexity index is 1010. The molecule has 0 radical (unpaired) electrons. The molecule has 0 saturated carbocycles. The van der Waals surface area contributed by atoms with Crippen molar-refractivity contribution in [1.29, 1.82) is 0 Å². The molecule has 0 bridgehead atoms. The number of ether oxygens (including phenoxy) is 2. The molecule has 29 heavy (non-hydrogen) atoms. The monoisotopic (exact) mass is 385 g/mol. The minimum Gasteiger partial charge on any atom is -0.489 e. The van der Waals surface area contributed by atoms with Gasteiger partial charge in [0, 0.05) is 12.2 Å². The summed E-state index contributed by atoms with van der Waals surface area (Å²) in [6.07, 6.45) is 2.57. The topological polar surface area (TPSA) is 55.8 Å². The summed E-state index contributed by atoms with van der Waals surface area (Å²) in [7, 11) is 0. The van der Waals surface area contributed by atoms with E-state index in [2.05, 4.69) is 0 Å². The second-order valence-corrected chi connectivity index (χ2v) is 6.59. The van der Waals surface area contributed by atoms with Crippen LogP contribution in [0.4, 0.5) is 0 Å². The quantitative estimate of drug-likeness (QED) is 0.563. The molecule has 4 rings (SSSR count). The molecular weight excluding hydrogens is 366 g/mol. The Balaban J connectivity index is 1.32. The molecule has 0 atom stereocenters. The van der Waals surface area contributed by atoms with Gasteiger partial charge in [0.2, 0.25) is 0 Å². The Kier molecular flexibility index (Phi) is 5.38. The molecule has 0 spiro atoms. The third kappa shape index (κ3) is 4.71. The van der Waals surface area contributed by atoms with E-state index >= 15 is 0 Å². The minimum absolute atomic E-state index is 0.248. The first-order valence-electron chi connectivity index (χ1n) is 9.24. The van der Waals surface area contributed by atoms with Crippen LogP contribution in [0, 0.1) is 0 Å². The smallest absolute Gasteiger partial charge is 0.253 e. The molecule has 1 aliphatic rings. The molecular formula is C24H19NO4. The first-order valence-corrected chi connectivity index (χ1v) is 9.24. The lowest BCUT2D eigenvalue weighted by molar-refractivity contribution is -0.137. The molecule has 0 saturated heterocycles. The number of benzene rings is 3. The Hall–Kier alpha value is -3.86. The van der Waals surface area contributed by atoms with Crippen molar-refractivity contribution in [2.24, 2.45) is 0 Å². The van der Waals surface area contributed by atoms with Crippen LogP contribution in [0.15, 0.2) is 91.0 Å². The molecule has 1 aliphatic heterocycles. The van der Waals surface area contributed by atoms with Crippen molar-refractivity contribution in [3.8, 4) is 17.2 Å². The predicted octanol–water partition coefficient (Wildman–Crippen LogP) is 4.48. The van der Waals surface area contributed by atoms with Crippen molar-refractivity contribution in [2.75, 3.05) is 0 Å². The average molecular weight is 385 g/mol. The Morgan fingerprint density at radius 1 is 0.621 bits per heavy atom. The maximum atomic E-state index is 11.6. The van der Waals surface area contributed by atoms with Gasteiger partial charge in [0.05, 0.1) is 6.54 Å². The van der Waals surface area contributed by atoms with E-state index in [9.17, 15) is 9.59 Å². The number of amides is 2. The molecule has 5 nitrogen and oxygen atoms in total. The van der Waals surface area contributed by atoms with Crippen molar-refractivity contribution in [1.82, 2.24) is 4.90 Å². The molecule has 0 aromatic heterocycles. The van der Waals surface area contributed by atoms with E-state index in [-0.39, 0.29) is 18.4 Å². The molecule has 144 valence electrons. The van der Waals surface area contributed by atoms with Crippen LogP contribution < -0.4 is 9.47 Å². The lowest BCUT2D eigenvalue weighted by Gasteiger charge is -2.14. The van der Waals surface area contributed by atoms with E-state index in [1.54, 1.807) is 0 Å². The van der Waals surface area contributed by atoms with Crippen LogP contribution in [-0.4, -0.2) is 16.7 Å². The summed E-state index contributed by atoms with van der Waals surface area (Å²) in [5.41, 5.74) is 1.97. The lowest BCUT2D eigenvalue weighted by Crippen LogP contribution is -2.29. The highest BCUT2D eigenvalue weighted by atomic mass is 16.5. The van der Waals surface area contributed by atoms with Gasteiger partial charge in [-0.3, -0.25) is 14.5 Å². The van der Waals surface area contributed by atoms with Gasteiger partial charge in [0.25, 0.3) is 11.8 Å². The van der Waals surface area contributed by atoms with Crippen LogP contribution in [0.5, 0.6) is 17.2 Å². The van der Waals surface area contributed by atoms with Crippen molar-refractivity contribution >= 4 is 11.8 Å². The number of imide groups is 1. The SMILES string of the molecule is O=C1C=CC(=O)N1Cc1ccc(Oc2ccc(OCc3ccccc3)cc2)cc1. The van der Waals surface area contributed by atoms with E-state index in [0.717, 1.165) is 16.9 Å². The van der Waals surface area contributed by atoms with Gasteiger partial charge in [0.15, 0.2) is 0 Å². The van der Waals surface area contributed by atoms with Crippen molar-refractivity contribution < 1.29 is 19.1 Å². The number of nitrogens with zero attached hydrogens (tertiary/aromatic N) is 1. The van der Waals surface area contributed by atoms with Crippen molar-refractivity contribution in [3.05, 3.63) is 102 Å². The maximum Gasteiger partial charge on any atom is 0.253 e. The molecule has 3 aromatic carbocycles. The molecule has 0 aliphatic carbocycles. The number of carbonyl (C=O) groups is 2. The van der Waals surface area contributed by atoms with Gasteiger partial charge < -0.3 is 9.47 Å². The fourth-order valence-corrected chi connectivity index (χ4v) is 2.91. The number of hydrogen-bond acceptors (Lipinski definition) is 4. The second kappa shape index (κ2) is 8.44. The van der Waals surface area contributed by atoms with Gasteiger partial charge in [0.1, 0.15) is 23.9 Å². The summed E-state index contributed by atoms with van der Waals surface area (Å²) in [5, 5.41) is 0. The van der Waals surface area contributed by atoms with Crippen LogP contribution in [0.25, 0.3) is 0 Å². The van der Waals surface area contributed by atoms with Gasteiger partial charge in [-0.05, 0) is 47.5 Å². The summed E-state index contributed by atoms with van der Waals surface area (Å²) in [4.78, 5) is 24.5. The first-order chi connectivity index (χ1) is 14.2. The lowest BCUT2D eigenvalue weighted by atomic mass is 10.2. The molecule has 5 heteroatoms. The van der Waals surface area contributed by atoms with Gasteiger partial charge in [-0.25, -0.2) is 0 Å². The fraction of sp³-hybridized carbons (Fsp3) is 0.0833. The van der Waals surface area contributed by atoms with Gasteiger partial charge in [-0.2, -0.15) is 0 Å². The highest BCUT2D eigenvalue weighted by Gasteiger charge is 2.23. The van der Waals surface area contributed by atoms with Crippen LogP contribution in [0.3, 0.4) is 0 Å². The van der Waals surface area contributed by atoms with Crippen LogP contribution in [0.1, 0.15) is 11.1 Å². The van der Waals surface area contributed by atoms with Crippen molar-refractivity contribution in [3.63, 3.8) is 0 Å². The summed E-state index contributed by atoms with van der Waals surface area (Å²) in [6, 6.07) is 24.7. The van der Waals surface area contributed by atoms with Gasteiger partial charge in [-0.1, -0.05) is 42.5 Å². The third-order valence-corrected chi connectivity index (χ3v) is 4.47. The molecule has 2 amide bonds. The van der Waals surface area contributed by atoms with Crippen molar-refractivity contribution in [2.45, 2.75) is 13.2 Å². The first kappa shape index (κ1) is 18.5. The predicted molar refractivity (Wildman–Crippen MR) is 108 cm³/mol. The fourth-order valence-electron chi connectivity index (χ4n) is 2.91. The van der Waals surface area contributed by atoms with E-state index in [1.807, 2.05) is 78.9 Å². The zero-order valence-corrected chi connectivity index (χ0v) is 15.7. The largest absolute Gasteiger partial charge is 0.489 e. The summed E-state index contributed by atoms with van der Waals surface area (Å²) < 4.78 is 11.6. The molecule has 3 aromatic rings. The van der Waals surface area contributed by atoms with E-state index < -0.39 is 0 Å². The van der Waals surface area contributed by atoms with Gasteiger partial charge in [-0.15, -0.1) is 0 Å². The summed E-state index contributed by atoms with van der Waals surface area (Å²) in [5.74, 6) is 1.56. The Morgan fingerprint density at radius 2 is 1.17 bits per heavy atom. The average Bonchev–Trinajstić information content (AvgIpc) is 3.07. The van der Waals surface area contributed by atoms with E-state index in [1.165, 1.54) is 17.1 Å².